The number of carbonyl (C=O) groups is 1. The monoisotopic (exact) mass is 300 g/mol. The van der Waals surface area contributed by atoms with Gasteiger partial charge in [-0.25, -0.2) is 4.39 Å². The highest BCUT2D eigenvalue weighted by Crippen LogP contribution is 2.27. The van der Waals surface area contributed by atoms with Crippen molar-refractivity contribution in [2.45, 2.75) is 19.4 Å². The van der Waals surface area contributed by atoms with Crippen LogP contribution in [0.3, 0.4) is 0 Å². The van der Waals surface area contributed by atoms with Gasteiger partial charge in [0.15, 0.2) is 5.75 Å². The Bertz CT molecular complexity index is 509. The highest BCUT2D eigenvalue weighted by Gasteiger charge is 2.20. The van der Waals surface area contributed by atoms with Gasteiger partial charge >= 0.3 is 11.7 Å². The van der Waals surface area contributed by atoms with E-state index in [0.717, 1.165) is 12.1 Å². The second kappa shape index (κ2) is 8.15. The van der Waals surface area contributed by atoms with E-state index < -0.39 is 28.4 Å². The van der Waals surface area contributed by atoms with Crippen LogP contribution in [0.25, 0.3) is 0 Å². The first-order chi connectivity index (χ1) is 9.99. The summed E-state index contributed by atoms with van der Waals surface area (Å²) in [6.07, 6.45) is 0.273. The van der Waals surface area contributed by atoms with Gasteiger partial charge in [0.2, 0.25) is 0 Å². The molecule has 7 nitrogen and oxygen atoms in total. The Morgan fingerprint density at radius 2 is 2.24 bits per heavy atom. The van der Waals surface area contributed by atoms with Crippen LogP contribution in [0.5, 0.6) is 5.75 Å². The van der Waals surface area contributed by atoms with E-state index in [1.165, 1.54) is 13.2 Å². The fourth-order valence-electron chi connectivity index (χ4n) is 1.73. The molecule has 1 N–H and O–H groups in total. The van der Waals surface area contributed by atoms with Gasteiger partial charge in [-0.3, -0.25) is 14.9 Å². The number of nitrogens with zero attached hydrogens (tertiary/aromatic N) is 1. The minimum atomic E-state index is -0.722. The number of rotatable bonds is 8. The van der Waals surface area contributed by atoms with Crippen molar-refractivity contribution in [3.8, 4) is 5.75 Å². The second-order valence-corrected chi connectivity index (χ2v) is 4.14. The molecule has 0 saturated carbocycles. The van der Waals surface area contributed by atoms with Crippen LogP contribution in [0, 0.1) is 15.9 Å². The highest BCUT2D eigenvalue weighted by molar-refractivity contribution is 5.75. The van der Waals surface area contributed by atoms with Crippen molar-refractivity contribution < 1.29 is 23.6 Å². The third-order valence-corrected chi connectivity index (χ3v) is 2.72. The molecule has 1 aromatic carbocycles. The number of nitrogens with one attached hydrogen (secondary N) is 1. The zero-order valence-electron chi connectivity index (χ0n) is 11.8. The smallest absolute Gasteiger partial charge is 0.322 e. The summed E-state index contributed by atoms with van der Waals surface area (Å²) < 4.78 is 22.9. The SMILES string of the molecule is CCNC(CCOc1ccc(F)cc1[N+](=O)[O-])C(=O)OC. The Morgan fingerprint density at radius 1 is 1.52 bits per heavy atom. The van der Waals surface area contributed by atoms with Crippen molar-refractivity contribution in [1.29, 1.82) is 0 Å². The Labute approximate surface area is 121 Å². The number of halogens is 1. The van der Waals surface area contributed by atoms with Crippen LogP contribution in [0.15, 0.2) is 18.2 Å². The second-order valence-electron chi connectivity index (χ2n) is 4.14. The van der Waals surface area contributed by atoms with Crippen molar-refractivity contribution in [2.75, 3.05) is 20.3 Å². The van der Waals surface area contributed by atoms with E-state index in [2.05, 4.69) is 10.1 Å². The maximum absolute atomic E-state index is 13.0. The van der Waals surface area contributed by atoms with Crippen molar-refractivity contribution in [1.82, 2.24) is 5.32 Å². The molecule has 21 heavy (non-hydrogen) atoms. The molecule has 0 aliphatic carbocycles. The maximum Gasteiger partial charge on any atom is 0.322 e. The van der Waals surface area contributed by atoms with Crippen LogP contribution in [-0.2, 0) is 9.53 Å². The van der Waals surface area contributed by atoms with E-state index in [1.54, 1.807) is 0 Å². The molecule has 1 atom stereocenters. The number of hydrogen-bond acceptors (Lipinski definition) is 6. The molecular weight excluding hydrogens is 283 g/mol. The van der Waals surface area contributed by atoms with E-state index in [1.807, 2.05) is 6.92 Å². The molecule has 1 aromatic rings. The molecule has 0 aromatic heterocycles. The van der Waals surface area contributed by atoms with Crippen LogP contribution < -0.4 is 10.1 Å². The molecule has 0 aliphatic heterocycles. The molecule has 0 fully saturated rings. The largest absolute Gasteiger partial charge is 0.487 e. The van der Waals surface area contributed by atoms with Gasteiger partial charge < -0.3 is 14.8 Å². The molecule has 0 aliphatic rings. The van der Waals surface area contributed by atoms with Crippen LogP contribution >= 0.6 is 0 Å². The molecule has 116 valence electrons. The van der Waals surface area contributed by atoms with E-state index in [-0.39, 0.29) is 18.8 Å². The van der Waals surface area contributed by atoms with E-state index in [9.17, 15) is 19.3 Å². The zero-order chi connectivity index (χ0) is 15.8. The average Bonchev–Trinajstić information content (AvgIpc) is 2.46. The minimum absolute atomic E-state index is 0.0403. The quantitative estimate of drug-likeness (QED) is 0.446. The Kier molecular flexibility index (Phi) is 6.54. The lowest BCUT2D eigenvalue weighted by Gasteiger charge is -2.15. The predicted molar refractivity (Wildman–Crippen MR) is 72.6 cm³/mol. The summed E-state index contributed by atoms with van der Waals surface area (Å²) in [6.45, 7) is 2.46. The number of esters is 1. The lowest BCUT2D eigenvalue weighted by atomic mass is 10.2. The van der Waals surface area contributed by atoms with E-state index >= 15 is 0 Å². The first-order valence-electron chi connectivity index (χ1n) is 6.37. The fourth-order valence-corrected chi connectivity index (χ4v) is 1.73. The molecular formula is C13H17FN2O5. The first-order valence-corrected chi connectivity index (χ1v) is 6.37. The minimum Gasteiger partial charge on any atom is -0.487 e. The Balaban J connectivity index is 2.66. The lowest BCUT2D eigenvalue weighted by Crippen LogP contribution is -2.38. The standard InChI is InChI=1S/C13H17FN2O5/c1-3-15-10(13(17)20-2)6-7-21-12-5-4-9(14)8-11(12)16(18)19/h4-5,8,10,15H,3,6-7H2,1-2H3. The summed E-state index contributed by atoms with van der Waals surface area (Å²) in [5.41, 5.74) is -0.451. The van der Waals surface area contributed by atoms with E-state index in [4.69, 9.17) is 4.74 Å². The fraction of sp³-hybridized carbons (Fsp3) is 0.462. The van der Waals surface area contributed by atoms with E-state index in [0.29, 0.717) is 6.54 Å². The number of likely N-dealkylation sites (N-methyl/N-ethyl adjacent to an activating group) is 1. The van der Waals surface area contributed by atoms with Crippen LogP contribution in [-0.4, -0.2) is 37.2 Å². The molecule has 8 heteroatoms. The number of carbonyl (C=O) groups excluding carboxylic acids is 1. The molecule has 0 saturated heterocycles. The van der Waals surface area contributed by atoms with Crippen molar-refractivity contribution in [3.05, 3.63) is 34.1 Å². The number of hydrogen-bond donors (Lipinski definition) is 1. The molecule has 1 unspecified atom stereocenters. The first kappa shape index (κ1) is 16.8. The summed E-state index contributed by atoms with van der Waals surface area (Å²) in [4.78, 5) is 21.5. The molecule has 0 radical (unpaired) electrons. The number of ether oxygens (including phenoxy) is 2. The van der Waals surface area contributed by atoms with Gasteiger partial charge in [0.05, 0.1) is 24.7 Å². The van der Waals surface area contributed by atoms with Gasteiger partial charge in [0.25, 0.3) is 0 Å². The molecule has 0 amide bonds. The third-order valence-electron chi connectivity index (χ3n) is 2.72. The third kappa shape index (κ3) is 4.99. The maximum atomic E-state index is 13.0. The average molecular weight is 300 g/mol. The van der Waals surface area contributed by atoms with Crippen molar-refractivity contribution in [3.63, 3.8) is 0 Å². The highest BCUT2D eigenvalue weighted by atomic mass is 19.1. The lowest BCUT2D eigenvalue weighted by molar-refractivity contribution is -0.386. The van der Waals surface area contributed by atoms with Crippen LogP contribution in [0.1, 0.15) is 13.3 Å². The zero-order valence-corrected chi connectivity index (χ0v) is 11.8. The number of nitro groups is 1. The number of benzene rings is 1. The normalized spacial score (nSPS) is 11.8. The summed E-state index contributed by atoms with van der Waals surface area (Å²) >= 11 is 0. The van der Waals surface area contributed by atoms with Gasteiger partial charge in [-0.1, -0.05) is 6.92 Å². The number of nitro benzene ring substituents is 1. The van der Waals surface area contributed by atoms with Crippen LogP contribution in [0.4, 0.5) is 10.1 Å². The summed E-state index contributed by atoms with van der Waals surface area (Å²) in [7, 11) is 1.28. The summed E-state index contributed by atoms with van der Waals surface area (Å²) in [6, 6.07) is 2.50. The van der Waals surface area contributed by atoms with Gasteiger partial charge in [-0.15, -0.1) is 0 Å². The Hall–Kier alpha value is -2.22. The van der Waals surface area contributed by atoms with Gasteiger partial charge in [0.1, 0.15) is 11.9 Å². The molecule has 0 heterocycles. The molecule has 0 spiro atoms. The van der Waals surface area contributed by atoms with Gasteiger partial charge in [0, 0.05) is 6.42 Å². The summed E-state index contributed by atoms with van der Waals surface area (Å²) in [5, 5.41) is 13.7. The summed E-state index contributed by atoms with van der Waals surface area (Å²) in [5.74, 6) is -1.19. The predicted octanol–water partition coefficient (Wildman–Crippen LogP) is 1.65. The number of methoxy groups -OCH3 is 1. The van der Waals surface area contributed by atoms with Gasteiger partial charge in [-0.05, 0) is 18.7 Å². The Morgan fingerprint density at radius 3 is 2.81 bits per heavy atom. The van der Waals surface area contributed by atoms with Gasteiger partial charge in [-0.2, -0.15) is 0 Å². The van der Waals surface area contributed by atoms with Crippen molar-refractivity contribution in [2.24, 2.45) is 0 Å². The molecule has 0 bridgehead atoms. The van der Waals surface area contributed by atoms with Crippen LogP contribution in [0.2, 0.25) is 0 Å². The topological polar surface area (TPSA) is 90.7 Å². The van der Waals surface area contributed by atoms with Crippen molar-refractivity contribution >= 4 is 11.7 Å². The molecule has 1 rings (SSSR count).